The van der Waals surface area contributed by atoms with Gasteiger partial charge in [0, 0.05) is 54.6 Å². The highest BCUT2D eigenvalue weighted by molar-refractivity contribution is 7.99. The van der Waals surface area contributed by atoms with Crippen molar-refractivity contribution >= 4 is 29.4 Å². The van der Waals surface area contributed by atoms with Crippen molar-refractivity contribution in [3.05, 3.63) is 0 Å². The van der Waals surface area contributed by atoms with Gasteiger partial charge in [-0.2, -0.15) is 23.5 Å². The summed E-state index contributed by atoms with van der Waals surface area (Å²) in [4.78, 5) is 14.2. The van der Waals surface area contributed by atoms with Crippen LogP contribution in [0.15, 0.2) is 0 Å². The molecule has 2 rings (SSSR count). The Bertz CT molecular complexity index is 244. The summed E-state index contributed by atoms with van der Waals surface area (Å²) in [5.41, 5.74) is 0. The van der Waals surface area contributed by atoms with E-state index in [0.29, 0.717) is 24.4 Å². The summed E-state index contributed by atoms with van der Waals surface area (Å²) in [6.45, 7) is 4.14. The standard InChI is InChI=1S/C11H20N2OS2/c1-9-7-16-5-3-13(9)11(14)6-10-8-15-4-2-12-10/h9-10,12H,2-8H2,1H3. The minimum Gasteiger partial charge on any atom is -0.338 e. The van der Waals surface area contributed by atoms with Gasteiger partial charge < -0.3 is 10.2 Å². The molecule has 2 atom stereocenters. The molecule has 2 saturated heterocycles. The van der Waals surface area contributed by atoms with E-state index in [1.807, 2.05) is 23.5 Å². The van der Waals surface area contributed by atoms with E-state index in [9.17, 15) is 4.79 Å². The highest BCUT2D eigenvalue weighted by Crippen LogP contribution is 2.18. The van der Waals surface area contributed by atoms with Crippen LogP contribution in [0.5, 0.6) is 0 Å². The maximum atomic E-state index is 12.1. The number of carbonyl (C=O) groups is 1. The van der Waals surface area contributed by atoms with Crippen molar-refractivity contribution in [3.8, 4) is 0 Å². The number of thioether (sulfide) groups is 2. The first-order valence-corrected chi connectivity index (χ1v) is 8.26. The molecule has 2 fully saturated rings. The van der Waals surface area contributed by atoms with Gasteiger partial charge >= 0.3 is 0 Å². The first-order valence-electron chi connectivity index (χ1n) is 5.95. The molecule has 3 nitrogen and oxygen atoms in total. The van der Waals surface area contributed by atoms with Crippen LogP contribution < -0.4 is 5.32 Å². The molecular formula is C11H20N2OS2. The van der Waals surface area contributed by atoms with Crippen molar-refractivity contribution in [2.75, 3.05) is 36.1 Å². The molecule has 0 aromatic heterocycles. The molecule has 0 aromatic carbocycles. The smallest absolute Gasteiger partial charge is 0.224 e. The average Bonchev–Trinajstić information content (AvgIpc) is 2.31. The van der Waals surface area contributed by atoms with E-state index >= 15 is 0 Å². The molecule has 0 bridgehead atoms. The summed E-state index contributed by atoms with van der Waals surface area (Å²) in [6.07, 6.45) is 0.683. The molecule has 1 N–H and O–H groups in total. The Balaban J connectivity index is 1.81. The van der Waals surface area contributed by atoms with Gasteiger partial charge in [0.25, 0.3) is 0 Å². The van der Waals surface area contributed by atoms with Crippen LogP contribution in [0, 0.1) is 0 Å². The lowest BCUT2D eigenvalue weighted by Gasteiger charge is -2.34. The van der Waals surface area contributed by atoms with Gasteiger partial charge in [-0.3, -0.25) is 4.79 Å². The summed E-state index contributed by atoms with van der Waals surface area (Å²) in [6, 6.07) is 0.815. The largest absolute Gasteiger partial charge is 0.338 e. The molecule has 0 aliphatic carbocycles. The van der Waals surface area contributed by atoms with Crippen molar-refractivity contribution in [3.63, 3.8) is 0 Å². The van der Waals surface area contributed by atoms with Crippen LogP contribution in [0.1, 0.15) is 13.3 Å². The van der Waals surface area contributed by atoms with Crippen molar-refractivity contribution in [2.45, 2.75) is 25.4 Å². The number of amides is 1. The van der Waals surface area contributed by atoms with Gasteiger partial charge in [0.05, 0.1) is 0 Å². The van der Waals surface area contributed by atoms with Crippen molar-refractivity contribution in [1.29, 1.82) is 0 Å². The van der Waals surface area contributed by atoms with Crippen molar-refractivity contribution in [2.24, 2.45) is 0 Å². The first-order chi connectivity index (χ1) is 7.77. The molecule has 0 radical (unpaired) electrons. The van der Waals surface area contributed by atoms with E-state index in [-0.39, 0.29) is 0 Å². The van der Waals surface area contributed by atoms with Gasteiger partial charge in [-0.1, -0.05) is 0 Å². The van der Waals surface area contributed by atoms with E-state index in [2.05, 4.69) is 17.1 Å². The van der Waals surface area contributed by atoms with Crippen LogP contribution in [0.3, 0.4) is 0 Å². The molecule has 2 aliphatic heterocycles. The van der Waals surface area contributed by atoms with Crippen LogP contribution in [0.25, 0.3) is 0 Å². The third-order valence-electron chi connectivity index (χ3n) is 3.11. The number of hydrogen-bond acceptors (Lipinski definition) is 4. The van der Waals surface area contributed by atoms with E-state index in [4.69, 9.17) is 0 Å². The Labute approximate surface area is 106 Å². The summed E-state index contributed by atoms with van der Waals surface area (Å²) in [5, 5.41) is 3.43. The highest BCUT2D eigenvalue weighted by Gasteiger charge is 2.26. The van der Waals surface area contributed by atoms with Gasteiger partial charge in [-0.25, -0.2) is 0 Å². The zero-order valence-electron chi connectivity index (χ0n) is 9.78. The van der Waals surface area contributed by atoms with Crippen LogP contribution in [0.2, 0.25) is 0 Å². The SMILES string of the molecule is CC1CSCCN1C(=O)CC1CSCCN1. The zero-order chi connectivity index (χ0) is 11.4. The third kappa shape index (κ3) is 3.31. The molecule has 0 spiro atoms. The van der Waals surface area contributed by atoms with E-state index in [1.165, 1.54) is 5.75 Å². The van der Waals surface area contributed by atoms with Gasteiger partial charge in [0.1, 0.15) is 0 Å². The number of rotatable bonds is 2. The summed E-state index contributed by atoms with van der Waals surface area (Å²) in [5.74, 6) is 4.80. The zero-order valence-corrected chi connectivity index (χ0v) is 11.4. The minimum absolute atomic E-state index is 0.341. The van der Waals surface area contributed by atoms with Crippen LogP contribution >= 0.6 is 23.5 Å². The van der Waals surface area contributed by atoms with Crippen molar-refractivity contribution < 1.29 is 4.79 Å². The molecule has 0 saturated carbocycles. The van der Waals surface area contributed by atoms with Gasteiger partial charge in [-0.15, -0.1) is 0 Å². The van der Waals surface area contributed by atoms with Gasteiger partial charge in [-0.05, 0) is 6.92 Å². The molecule has 2 unspecified atom stereocenters. The minimum atomic E-state index is 0.341. The maximum Gasteiger partial charge on any atom is 0.224 e. The lowest BCUT2D eigenvalue weighted by Crippen LogP contribution is -2.48. The van der Waals surface area contributed by atoms with Crippen LogP contribution in [-0.2, 0) is 4.79 Å². The van der Waals surface area contributed by atoms with E-state index < -0.39 is 0 Å². The van der Waals surface area contributed by atoms with Crippen molar-refractivity contribution in [1.82, 2.24) is 10.2 Å². The van der Waals surface area contributed by atoms with Crippen LogP contribution in [-0.4, -0.2) is 59.0 Å². The molecule has 2 aliphatic rings. The quantitative estimate of drug-likeness (QED) is 0.804. The highest BCUT2D eigenvalue weighted by atomic mass is 32.2. The number of carbonyl (C=O) groups excluding carboxylic acids is 1. The fourth-order valence-electron chi connectivity index (χ4n) is 2.18. The first kappa shape index (κ1) is 12.6. The van der Waals surface area contributed by atoms with Gasteiger partial charge in [0.15, 0.2) is 0 Å². The molecule has 5 heteroatoms. The lowest BCUT2D eigenvalue weighted by atomic mass is 10.2. The second-order valence-electron chi connectivity index (χ2n) is 4.44. The summed E-state index contributed by atoms with van der Waals surface area (Å²) >= 11 is 3.91. The lowest BCUT2D eigenvalue weighted by molar-refractivity contribution is -0.133. The third-order valence-corrected chi connectivity index (χ3v) is 5.43. The molecule has 2 heterocycles. The Kier molecular flexibility index (Phi) is 4.85. The normalized spacial score (nSPS) is 31.4. The second-order valence-corrected chi connectivity index (χ2v) is 6.74. The summed E-state index contributed by atoms with van der Waals surface area (Å²) in [7, 11) is 0. The predicted molar refractivity (Wildman–Crippen MR) is 72.2 cm³/mol. The Morgan fingerprint density at radius 2 is 2.19 bits per heavy atom. The van der Waals surface area contributed by atoms with E-state index in [0.717, 1.165) is 30.3 Å². The fraction of sp³-hybridized carbons (Fsp3) is 0.909. The number of nitrogens with one attached hydrogen (secondary N) is 1. The average molecular weight is 260 g/mol. The number of hydrogen-bond donors (Lipinski definition) is 1. The maximum absolute atomic E-state index is 12.1. The topological polar surface area (TPSA) is 32.3 Å². The Morgan fingerprint density at radius 1 is 1.38 bits per heavy atom. The Morgan fingerprint density at radius 3 is 2.88 bits per heavy atom. The molecule has 92 valence electrons. The summed E-state index contributed by atoms with van der Waals surface area (Å²) < 4.78 is 0. The fourth-order valence-corrected chi connectivity index (χ4v) is 4.14. The molecular weight excluding hydrogens is 240 g/mol. The Hall–Kier alpha value is 0.130. The predicted octanol–water partition coefficient (Wildman–Crippen LogP) is 1.05. The van der Waals surface area contributed by atoms with E-state index in [1.54, 1.807) is 0 Å². The van der Waals surface area contributed by atoms with Gasteiger partial charge in [0.2, 0.25) is 5.91 Å². The molecule has 1 amide bonds. The molecule has 16 heavy (non-hydrogen) atoms. The molecule has 0 aromatic rings. The second kappa shape index (κ2) is 6.17. The number of nitrogens with zero attached hydrogens (tertiary/aromatic N) is 1. The monoisotopic (exact) mass is 260 g/mol. The van der Waals surface area contributed by atoms with Crippen LogP contribution in [0.4, 0.5) is 0 Å².